The molecular formula is C52H36N2. The van der Waals surface area contributed by atoms with Crippen molar-refractivity contribution in [2.45, 2.75) is 0 Å². The molecule has 54 heavy (non-hydrogen) atoms. The highest BCUT2D eigenvalue weighted by molar-refractivity contribution is 6.17. The van der Waals surface area contributed by atoms with Gasteiger partial charge in [-0.05, 0) is 93.2 Å². The van der Waals surface area contributed by atoms with Crippen LogP contribution in [0.5, 0.6) is 0 Å². The lowest BCUT2D eigenvalue weighted by atomic mass is 9.94. The van der Waals surface area contributed by atoms with Crippen molar-refractivity contribution < 1.29 is 0 Å². The van der Waals surface area contributed by atoms with Gasteiger partial charge in [-0.15, -0.1) is 0 Å². The molecule has 0 aliphatic rings. The molecule has 0 fully saturated rings. The summed E-state index contributed by atoms with van der Waals surface area (Å²) in [5.74, 6) is 0. The van der Waals surface area contributed by atoms with E-state index in [2.05, 4.69) is 228 Å². The van der Waals surface area contributed by atoms with Crippen molar-refractivity contribution in [3.63, 3.8) is 0 Å². The van der Waals surface area contributed by atoms with Crippen LogP contribution in [0, 0.1) is 0 Å². The van der Waals surface area contributed by atoms with Crippen molar-refractivity contribution in [2.24, 2.45) is 0 Å². The summed E-state index contributed by atoms with van der Waals surface area (Å²) >= 11 is 0. The molecule has 0 atom stereocenters. The van der Waals surface area contributed by atoms with Crippen molar-refractivity contribution in [2.75, 3.05) is 4.90 Å². The lowest BCUT2D eigenvalue weighted by Crippen LogP contribution is -2.11. The van der Waals surface area contributed by atoms with Crippen LogP contribution in [0.2, 0.25) is 0 Å². The average molecular weight is 689 g/mol. The van der Waals surface area contributed by atoms with Crippen molar-refractivity contribution in [3.8, 4) is 39.1 Å². The Morgan fingerprint density at radius 1 is 0.333 bits per heavy atom. The lowest BCUT2D eigenvalue weighted by Gasteiger charge is -2.29. The van der Waals surface area contributed by atoms with E-state index in [1.807, 2.05) is 0 Å². The highest BCUT2D eigenvalue weighted by Gasteiger charge is 2.23. The van der Waals surface area contributed by atoms with Crippen LogP contribution < -0.4 is 4.90 Å². The monoisotopic (exact) mass is 688 g/mol. The average Bonchev–Trinajstić information content (AvgIpc) is 3.60. The van der Waals surface area contributed by atoms with E-state index in [1.54, 1.807) is 0 Å². The van der Waals surface area contributed by atoms with Crippen molar-refractivity contribution in [1.29, 1.82) is 0 Å². The standard InChI is InChI=1S/C52H36N2/c1-4-18-37(19-5-1)44-28-12-13-29-45(44)41-24-16-27-43(34-41)54-48-31-15-14-30-46(48)52-49(32-17-33-50(52)54)53(42-25-8-3-9-26-42)51-36-40-23-11-10-22-39(40)35-47(51)38-20-6-2-7-21-38/h1-36H. The van der Waals surface area contributed by atoms with Gasteiger partial charge in [0.15, 0.2) is 0 Å². The van der Waals surface area contributed by atoms with Gasteiger partial charge in [-0.3, -0.25) is 0 Å². The Labute approximate surface area is 315 Å². The molecule has 1 heterocycles. The molecule has 0 amide bonds. The fourth-order valence-electron chi connectivity index (χ4n) is 8.13. The second-order valence-corrected chi connectivity index (χ2v) is 13.7. The SMILES string of the molecule is c1ccc(-c2ccccc2-c2cccc(-n3c4ccccc4c4c(N(c5ccccc5)c5cc6ccccc6cc5-c5ccccc5)cccc43)c2)cc1. The van der Waals surface area contributed by atoms with Crippen LogP contribution >= 0.6 is 0 Å². The van der Waals surface area contributed by atoms with Crippen molar-refractivity contribution in [1.82, 2.24) is 4.57 Å². The Morgan fingerprint density at radius 3 is 1.61 bits per heavy atom. The van der Waals surface area contributed by atoms with E-state index in [0.29, 0.717) is 0 Å². The van der Waals surface area contributed by atoms with E-state index < -0.39 is 0 Å². The maximum absolute atomic E-state index is 2.46. The summed E-state index contributed by atoms with van der Waals surface area (Å²) in [5, 5.41) is 4.84. The number of benzene rings is 9. The molecule has 2 nitrogen and oxygen atoms in total. The van der Waals surface area contributed by atoms with Crippen LogP contribution in [0.15, 0.2) is 218 Å². The van der Waals surface area contributed by atoms with Gasteiger partial charge in [-0.25, -0.2) is 0 Å². The molecule has 0 spiro atoms. The van der Waals surface area contributed by atoms with Gasteiger partial charge in [0.2, 0.25) is 0 Å². The van der Waals surface area contributed by atoms with Gasteiger partial charge in [0.05, 0.1) is 22.4 Å². The molecule has 0 N–H and O–H groups in total. The Morgan fingerprint density at radius 2 is 0.870 bits per heavy atom. The summed E-state index contributed by atoms with van der Waals surface area (Å²) < 4.78 is 2.43. The van der Waals surface area contributed by atoms with Gasteiger partial charge >= 0.3 is 0 Å². The van der Waals surface area contributed by atoms with Gasteiger partial charge in [0, 0.05) is 27.7 Å². The molecule has 0 bridgehead atoms. The molecule has 0 unspecified atom stereocenters. The summed E-state index contributed by atoms with van der Waals surface area (Å²) in [5.41, 5.74) is 14.0. The first-order chi connectivity index (χ1) is 26.8. The molecule has 0 saturated heterocycles. The highest BCUT2D eigenvalue weighted by atomic mass is 15.2. The first-order valence-corrected chi connectivity index (χ1v) is 18.5. The summed E-state index contributed by atoms with van der Waals surface area (Å²) in [4.78, 5) is 2.46. The first kappa shape index (κ1) is 31.6. The van der Waals surface area contributed by atoms with Gasteiger partial charge in [0.25, 0.3) is 0 Å². The fourth-order valence-corrected chi connectivity index (χ4v) is 8.13. The number of para-hydroxylation sites is 2. The van der Waals surface area contributed by atoms with E-state index in [-0.39, 0.29) is 0 Å². The molecule has 0 saturated carbocycles. The molecular weight excluding hydrogens is 653 g/mol. The highest BCUT2D eigenvalue weighted by Crippen LogP contribution is 2.47. The number of hydrogen-bond acceptors (Lipinski definition) is 1. The van der Waals surface area contributed by atoms with Crippen LogP contribution in [0.3, 0.4) is 0 Å². The predicted octanol–water partition coefficient (Wildman–Crippen LogP) is 14.4. The van der Waals surface area contributed by atoms with Gasteiger partial charge in [-0.2, -0.15) is 0 Å². The summed E-state index contributed by atoms with van der Waals surface area (Å²) in [7, 11) is 0. The molecule has 2 heteroatoms. The Kier molecular flexibility index (Phi) is 7.85. The summed E-state index contributed by atoms with van der Waals surface area (Å²) in [6.45, 7) is 0. The maximum atomic E-state index is 2.46. The third-order valence-electron chi connectivity index (χ3n) is 10.5. The molecule has 0 aliphatic carbocycles. The number of hydrogen-bond donors (Lipinski definition) is 0. The number of anilines is 3. The molecule has 0 aliphatic heterocycles. The maximum Gasteiger partial charge on any atom is 0.0562 e. The molecule has 1 aromatic heterocycles. The Bertz CT molecular complexity index is 2930. The van der Waals surface area contributed by atoms with Gasteiger partial charge in [-0.1, -0.05) is 164 Å². The first-order valence-electron chi connectivity index (χ1n) is 18.5. The normalized spacial score (nSPS) is 11.3. The lowest BCUT2D eigenvalue weighted by molar-refractivity contribution is 1.18. The number of fused-ring (bicyclic) bond motifs is 4. The number of rotatable bonds is 7. The van der Waals surface area contributed by atoms with Gasteiger partial charge < -0.3 is 9.47 Å². The zero-order chi connectivity index (χ0) is 35.8. The molecule has 254 valence electrons. The summed E-state index contributed by atoms with van der Waals surface area (Å²) in [6, 6.07) is 78.9. The second-order valence-electron chi connectivity index (χ2n) is 13.7. The van der Waals surface area contributed by atoms with E-state index in [1.165, 1.54) is 60.4 Å². The fraction of sp³-hybridized carbons (Fsp3) is 0. The third kappa shape index (κ3) is 5.44. The topological polar surface area (TPSA) is 8.17 Å². The van der Waals surface area contributed by atoms with Crippen molar-refractivity contribution >= 4 is 49.6 Å². The quantitative estimate of drug-likeness (QED) is 0.162. The number of aromatic nitrogens is 1. The van der Waals surface area contributed by atoms with Crippen LogP contribution in [0.1, 0.15) is 0 Å². The Balaban J connectivity index is 1.23. The van der Waals surface area contributed by atoms with Crippen LogP contribution in [-0.2, 0) is 0 Å². The van der Waals surface area contributed by atoms with E-state index in [4.69, 9.17) is 0 Å². The smallest absolute Gasteiger partial charge is 0.0562 e. The third-order valence-corrected chi connectivity index (χ3v) is 10.5. The Hall–Kier alpha value is -7.16. The van der Waals surface area contributed by atoms with Crippen LogP contribution in [0.4, 0.5) is 17.1 Å². The molecule has 10 aromatic rings. The van der Waals surface area contributed by atoms with E-state index >= 15 is 0 Å². The molecule has 0 radical (unpaired) electrons. The second kappa shape index (κ2) is 13.4. The van der Waals surface area contributed by atoms with Crippen molar-refractivity contribution in [3.05, 3.63) is 218 Å². The molecule has 9 aromatic carbocycles. The van der Waals surface area contributed by atoms with Gasteiger partial charge in [0.1, 0.15) is 0 Å². The summed E-state index contributed by atoms with van der Waals surface area (Å²) in [6.07, 6.45) is 0. The molecule has 10 rings (SSSR count). The minimum absolute atomic E-state index is 1.11. The minimum Gasteiger partial charge on any atom is -0.309 e. The number of nitrogens with zero attached hydrogens (tertiary/aromatic N) is 2. The van der Waals surface area contributed by atoms with Crippen LogP contribution in [0.25, 0.3) is 71.6 Å². The zero-order valence-electron chi connectivity index (χ0n) is 29.7. The largest absolute Gasteiger partial charge is 0.309 e. The van der Waals surface area contributed by atoms with Crippen LogP contribution in [-0.4, -0.2) is 4.57 Å². The predicted molar refractivity (Wildman–Crippen MR) is 229 cm³/mol. The zero-order valence-corrected chi connectivity index (χ0v) is 29.7. The minimum atomic E-state index is 1.11. The van der Waals surface area contributed by atoms with E-state index in [0.717, 1.165) is 28.3 Å². The van der Waals surface area contributed by atoms with E-state index in [9.17, 15) is 0 Å².